The number of hydrogen-bond acceptors (Lipinski definition) is 4. The highest BCUT2D eigenvalue weighted by molar-refractivity contribution is 7.80. The van der Waals surface area contributed by atoms with Crippen molar-refractivity contribution < 1.29 is 18.4 Å². The normalized spacial score (nSPS) is 11.7. The van der Waals surface area contributed by atoms with Crippen molar-refractivity contribution in [2.45, 2.75) is 19.8 Å². The first-order valence-electron chi connectivity index (χ1n) is 13.7. The summed E-state index contributed by atoms with van der Waals surface area (Å²) in [6, 6.07) is 27.8. The van der Waals surface area contributed by atoms with Gasteiger partial charge in [0.15, 0.2) is 5.78 Å². The molecule has 0 bridgehead atoms. The van der Waals surface area contributed by atoms with Crippen LogP contribution in [0.3, 0.4) is 0 Å². The van der Waals surface area contributed by atoms with Crippen LogP contribution in [-0.2, 0) is 22.5 Å². The number of carbonyl (C=O) groups is 2. The predicted octanol–water partition coefficient (Wildman–Crippen LogP) is 7.13. The van der Waals surface area contributed by atoms with Gasteiger partial charge in [0.2, 0.25) is 5.91 Å². The third kappa shape index (κ3) is 7.09. The van der Waals surface area contributed by atoms with Crippen molar-refractivity contribution >= 4 is 51.8 Å². The highest BCUT2D eigenvalue weighted by Crippen LogP contribution is 2.32. The first-order valence-corrected chi connectivity index (χ1v) is 15.5. The third-order valence-corrected chi connectivity index (χ3v) is 8.33. The average molecular weight is 648 g/mol. The van der Waals surface area contributed by atoms with Gasteiger partial charge in [-0.2, -0.15) is 0 Å². The van der Waals surface area contributed by atoms with Crippen molar-refractivity contribution in [3.05, 3.63) is 124 Å². The molecule has 224 valence electrons. The van der Waals surface area contributed by atoms with E-state index >= 15 is 0 Å². The van der Waals surface area contributed by atoms with Gasteiger partial charge in [-0.15, -0.1) is 0 Å². The first kappa shape index (κ1) is 31.2. The fourth-order valence-corrected chi connectivity index (χ4v) is 5.85. The van der Waals surface area contributed by atoms with Gasteiger partial charge < -0.3 is 10.3 Å². The molecule has 4 aromatic carbocycles. The Morgan fingerprint density at radius 3 is 2.14 bits per heavy atom. The van der Waals surface area contributed by atoms with Crippen LogP contribution in [0.5, 0.6) is 0 Å². The molecule has 1 atom stereocenters. The van der Waals surface area contributed by atoms with Crippen molar-refractivity contribution in [3.8, 4) is 28.1 Å². The fourth-order valence-electron chi connectivity index (χ4n) is 4.80. The van der Waals surface area contributed by atoms with Crippen LogP contribution in [0.25, 0.3) is 28.1 Å². The molecule has 0 saturated carbocycles. The summed E-state index contributed by atoms with van der Waals surface area (Å²) in [7, 11) is 0. The summed E-state index contributed by atoms with van der Waals surface area (Å²) >= 11 is 10.2. The van der Waals surface area contributed by atoms with Crippen LogP contribution < -0.4 is 10.0 Å². The van der Waals surface area contributed by atoms with Gasteiger partial charge in [-0.05, 0) is 59.2 Å². The molecule has 0 radical (unpaired) electrons. The molecule has 0 fully saturated rings. The number of nitrogens with zero attached hydrogens (tertiary/aromatic N) is 3. The van der Waals surface area contributed by atoms with Crippen LogP contribution in [0.4, 0.5) is 5.69 Å². The number of anilines is 1. The Balaban J connectivity index is 1.47. The minimum Gasteiger partial charge on any atom is -0.368 e. The number of imidazole rings is 1. The van der Waals surface area contributed by atoms with E-state index in [0.717, 1.165) is 38.1 Å². The van der Waals surface area contributed by atoms with E-state index in [2.05, 4.69) is 0 Å². The van der Waals surface area contributed by atoms with Gasteiger partial charge in [0.1, 0.15) is 12.4 Å². The molecule has 0 saturated heterocycles. The monoisotopic (exact) mass is 646 g/mol. The summed E-state index contributed by atoms with van der Waals surface area (Å²) in [5, 5.41) is 0.982. The molecule has 8 nitrogen and oxygen atoms in total. The molecule has 3 N–H and O–H groups in total. The Labute approximate surface area is 267 Å². The Morgan fingerprint density at radius 1 is 0.932 bits per heavy atom. The van der Waals surface area contributed by atoms with Gasteiger partial charge in [-0.25, -0.2) is 9.19 Å². The number of primary amides is 1. The summed E-state index contributed by atoms with van der Waals surface area (Å²) in [5.41, 5.74) is 11.5. The summed E-state index contributed by atoms with van der Waals surface area (Å²) in [4.78, 5) is 28.3. The second-order valence-electron chi connectivity index (χ2n) is 10.0. The summed E-state index contributed by atoms with van der Waals surface area (Å²) < 4.78 is 24.4. The summed E-state index contributed by atoms with van der Waals surface area (Å²) in [6.45, 7) is 1.44. The second-order valence-corrected chi connectivity index (χ2v) is 11.8. The Morgan fingerprint density at radius 2 is 1.57 bits per heavy atom. The van der Waals surface area contributed by atoms with Crippen molar-refractivity contribution in [3.63, 3.8) is 0 Å². The van der Waals surface area contributed by atoms with Gasteiger partial charge in [0, 0.05) is 40.9 Å². The van der Waals surface area contributed by atoms with Gasteiger partial charge in [-0.1, -0.05) is 78.7 Å². The maximum atomic E-state index is 12.0. The quantitative estimate of drug-likeness (QED) is 0.117. The van der Waals surface area contributed by atoms with Crippen molar-refractivity contribution in [1.29, 1.82) is 0 Å². The van der Waals surface area contributed by atoms with Crippen LogP contribution in [-0.4, -0.2) is 36.5 Å². The van der Waals surface area contributed by atoms with Crippen LogP contribution in [0.2, 0.25) is 10.0 Å². The fraction of sp³-hybridized carbons (Fsp3) is 0.121. The minimum atomic E-state index is -2.43. The van der Waals surface area contributed by atoms with E-state index < -0.39 is 23.7 Å². The molecule has 5 aromatic rings. The highest BCUT2D eigenvalue weighted by atomic mass is 35.5. The molecular formula is C33H28Cl2N4O4S. The lowest BCUT2D eigenvalue weighted by Gasteiger charge is -2.18. The number of halogens is 2. The second kappa shape index (κ2) is 13.6. The lowest BCUT2D eigenvalue weighted by molar-refractivity contribution is -0.116. The maximum Gasteiger partial charge on any atom is 0.262 e. The zero-order chi connectivity index (χ0) is 31.4. The summed E-state index contributed by atoms with van der Waals surface area (Å²) in [5.74, 6) is 0.115. The highest BCUT2D eigenvalue weighted by Gasteiger charge is 2.18. The molecule has 44 heavy (non-hydrogen) atoms. The number of aromatic nitrogens is 2. The van der Waals surface area contributed by atoms with E-state index in [1.165, 1.54) is 0 Å². The van der Waals surface area contributed by atoms with Crippen molar-refractivity contribution in [2.24, 2.45) is 5.73 Å². The van der Waals surface area contributed by atoms with Crippen molar-refractivity contribution in [2.75, 3.05) is 10.8 Å². The van der Waals surface area contributed by atoms with Crippen molar-refractivity contribution in [1.82, 2.24) is 9.55 Å². The lowest BCUT2D eigenvalue weighted by atomic mass is 10.00. The van der Waals surface area contributed by atoms with E-state index in [9.17, 15) is 18.4 Å². The lowest BCUT2D eigenvalue weighted by Crippen LogP contribution is -2.34. The van der Waals surface area contributed by atoms with Gasteiger partial charge in [0.05, 0.1) is 16.4 Å². The number of carbonyl (C=O) groups excluding carboxylic acids is 2. The van der Waals surface area contributed by atoms with Gasteiger partial charge >= 0.3 is 0 Å². The molecule has 5 rings (SSSR count). The molecule has 1 heterocycles. The Hall–Kier alpha value is -4.28. The smallest absolute Gasteiger partial charge is 0.262 e. The molecule has 0 aliphatic heterocycles. The Kier molecular flexibility index (Phi) is 9.61. The van der Waals surface area contributed by atoms with E-state index in [4.69, 9.17) is 33.9 Å². The number of Topliss-reactive ketones (excluding diaryl/α,β-unsaturated/α-hetero) is 1. The van der Waals surface area contributed by atoms with Crippen LogP contribution >= 0.6 is 23.2 Å². The number of nitrogens with two attached hydrogens (primary N) is 1. The maximum absolute atomic E-state index is 12.0. The van der Waals surface area contributed by atoms with Crippen LogP contribution in [0.15, 0.2) is 97.2 Å². The topological polar surface area (TPSA) is 119 Å². The van der Waals surface area contributed by atoms with Gasteiger partial charge in [-0.3, -0.25) is 18.4 Å². The SMILES string of the molecule is CCC(=O)c1ccc(-c2ccc(Cc3nc(-c4ccc(Cl)cc4Cl)cn3-c3ccc(N(CC(N)=O)S(=O)O)cc3)cc2)cc1. The average Bonchev–Trinajstić information content (AvgIpc) is 3.43. The number of rotatable bonds is 11. The number of amides is 1. The van der Waals surface area contributed by atoms with Crippen LogP contribution in [0, 0.1) is 0 Å². The van der Waals surface area contributed by atoms with E-state index in [1.807, 2.05) is 72.3 Å². The largest absolute Gasteiger partial charge is 0.368 e. The molecule has 0 aliphatic rings. The zero-order valence-electron chi connectivity index (χ0n) is 23.6. The molecule has 0 aliphatic carbocycles. The number of benzene rings is 4. The van der Waals surface area contributed by atoms with E-state index in [-0.39, 0.29) is 5.78 Å². The number of ketones is 1. The van der Waals surface area contributed by atoms with Crippen LogP contribution in [0.1, 0.15) is 35.1 Å². The molecule has 1 aromatic heterocycles. The molecule has 11 heteroatoms. The van der Waals surface area contributed by atoms with E-state index in [1.54, 1.807) is 36.4 Å². The first-order chi connectivity index (χ1) is 21.1. The molecule has 1 amide bonds. The number of hydrogen-bond donors (Lipinski definition) is 2. The molecule has 0 spiro atoms. The third-order valence-electron chi connectivity index (χ3n) is 7.07. The zero-order valence-corrected chi connectivity index (χ0v) is 25.9. The molecular weight excluding hydrogens is 619 g/mol. The molecule has 1 unspecified atom stereocenters. The van der Waals surface area contributed by atoms with Gasteiger partial charge in [0.25, 0.3) is 11.3 Å². The predicted molar refractivity (Wildman–Crippen MR) is 176 cm³/mol. The standard InChI is InChI=1S/C33H28Cl2N4O4S/c1-2-31(40)24-9-7-23(8-10-24)22-5-3-21(4-6-22)17-33-37-30(28-16-11-25(34)18-29(28)35)19-38(33)26-12-14-27(15-13-26)39(44(42)43)20-32(36)41/h3-16,18-19H,2,17,20H2,1H3,(H2,36,41)(H,42,43). The summed E-state index contributed by atoms with van der Waals surface area (Å²) in [6.07, 6.45) is 2.83. The Bertz CT molecular complexity index is 1840. The minimum absolute atomic E-state index is 0.114. The van der Waals surface area contributed by atoms with E-state index in [0.29, 0.717) is 39.8 Å².